The van der Waals surface area contributed by atoms with E-state index in [0.717, 1.165) is 0 Å². The molecule has 4 unspecified atom stereocenters. The molecular formula is C19H37N7O7. The summed E-state index contributed by atoms with van der Waals surface area (Å²) >= 11 is 0. The zero-order chi connectivity index (χ0) is 25.4. The summed E-state index contributed by atoms with van der Waals surface area (Å²) in [6.45, 7) is -0.0841. The standard InChI is InChI=1S/C19H37N7O7/c20-7-3-1-5-12(24-16(29)11(22)9-15(23)28)17(30)26-14(10-27)18(31)25-13(19(32)33)6-2-4-8-21/h11-14,27H,1-10,20-22H2,(H2,23,28)(H,24,29)(H,25,31)(H,26,30)(H,32,33). The molecule has 33 heavy (non-hydrogen) atoms. The van der Waals surface area contributed by atoms with Crippen LogP contribution in [0.15, 0.2) is 0 Å². The van der Waals surface area contributed by atoms with Crippen LogP contribution in [-0.4, -0.2) is 83.7 Å². The Bertz CT molecular complexity index is 662. The second kappa shape index (κ2) is 16.8. The normalized spacial score (nSPS) is 14.4. The summed E-state index contributed by atoms with van der Waals surface area (Å²) in [5.41, 5.74) is 21.5. The number of nitrogens with one attached hydrogen (secondary N) is 3. The van der Waals surface area contributed by atoms with E-state index < -0.39 is 66.8 Å². The molecule has 0 aliphatic rings. The lowest BCUT2D eigenvalue weighted by Gasteiger charge is -2.24. The van der Waals surface area contributed by atoms with Gasteiger partial charge in [0.05, 0.1) is 19.1 Å². The van der Waals surface area contributed by atoms with Gasteiger partial charge in [0.25, 0.3) is 0 Å². The summed E-state index contributed by atoms with van der Waals surface area (Å²) in [7, 11) is 0. The van der Waals surface area contributed by atoms with Crippen molar-refractivity contribution in [3.63, 3.8) is 0 Å². The largest absolute Gasteiger partial charge is 0.480 e. The van der Waals surface area contributed by atoms with Crippen LogP contribution in [0.25, 0.3) is 0 Å². The first kappa shape index (κ1) is 30.2. The van der Waals surface area contributed by atoms with Gasteiger partial charge in [-0.2, -0.15) is 0 Å². The Balaban J connectivity index is 5.20. The van der Waals surface area contributed by atoms with E-state index in [9.17, 15) is 34.2 Å². The van der Waals surface area contributed by atoms with Gasteiger partial charge in [-0.25, -0.2) is 4.79 Å². The van der Waals surface area contributed by atoms with Crippen LogP contribution in [0, 0.1) is 0 Å². The number of carbonyl (C=O) groups is 5. The summed E-state index contributed by atoms with van der Waals surface area (Å²) in [6.07, 6.45) is 1.89. The van der Waals surface area contributed by atoms with Gasteiger partial charge in [0.15, 0.2) is 0 Å². The monoisotopic (exact) mass is 475 g/mol. The lowest BCUT2D eigenvalue weighted by molar-refractivity contribution is -0.142. The van der Waals surface area contributed by atoms with E-state index in [2.05, 4.69) is 16.0 Å². The average Bonchev–Trinajstić information content (AvgIpc) is 2.75. The second-order valence-electron chi connectivity index (χ2n) is 7.55. The topological polar surface area (TPSA) is 266 Å². The third-order valence-corrected chi connectivity index (χ3v) is 4.71. The molecule has 0 fully saturated rings. The van der Waals surface area contributed by atoms with Crippen LogP contribution >= 0.6 is 0 Å². The number of aliphatic carboxylic acids is 1. The first-order valence-corrected chi connectivity index (χ1v) is 10.8. The number of nitrogens with two attached hydrogens (primary N) is 4. The molecule has 0 aromatic rings. The van der Waals surface area contributed by atoms with Gasteiger partial charge in [0, 0.05) is 0 Å². The van der Waals surface area contributed by atoms with E-state index in [1.807, 2.05) is 0 Å². The fourth-order valence-corrected chi connectivity index (χ4v) is 2.84. The Kier molecular flexibility index (Phi) is 15.3. The van der Waals surface area contributed by atoms with E-state index >= 15 is 0 Å². The number of carbonyl (C=O) groups excluding carboxylic acids is 4. The highest BCUT2D eigenvalue weighted by Crippen LogP contribution is 2.04. The van der Waals surface area contributed by atoms with Gasteiger partial charge in [-0.05, 0) is 51.6 Å². The van der Waals surface area contributed by atoms with Crippen molar-refractivity contribution in [2.75, 3.05) is 19.7 Å². The number of primary amides is 1. The third-order valence-electron chi connectivity index (χ3n) is 4.71. The maximum atomic E-state index is 12.7. The molecular weight excluding hydrogens is 438 g/mol. The van der Waals surface area contributed by atoms with Crippen LogP contribution < -0.4 is 38.9 Å². The molecule has 14 nitrogen and oxygen atoms in total. The first-order valence-electron chi connectivity index (χ1n) is 10.8. The molecule has 4 amide bonds. The molecule has 0 aliphatic heterocycles. The zero-order valence-electron chi connectivity index (χ0n) is 18.6. The number of hydrogen-bond donors (Lipinski definition) is 9. The van der Waals surface area contributed by atoms with Gasteiger partial charge in [0.1, 0.15) is 18.1 Å². The van der Waals surface area contributed by atoms with Gasteiger partial charge in [-0.3, -0.25) is 19.2 Å². The molecule has 4 atom stereocenters. The van der Waals surface area contributed by atoms with Gasteiger partial charge in [-0.15, -0.1) is 0 Å². The van der Waals surface area contributed by atoms with Crippen molar-refractivity contribution in [1.29, 1.82) is 0 Å². The summed E-state index contributed by atoms with van der Waals surface area (Å²) in [5, 5.41) is 25.8. The van der Waals surface area contributed by atoms with Gasteiger partial charge in [0.2, 0.25) is 23.6 Å². The van der Waals surface area contributed by atoms with Crippen LogP contribution in [0.4, 0.5) is 0 Å². The van der Waals surface area contributed by atoms with E-state index in [-0.39, 0.29) is 12.8 Å². The predicted molar refractivity (Wildman–Crippen MR) is 118 cm³/mol. The maximum Gasteiger partial charge on any atom is 0.326 e. The summed E-state index contributed by atoms with van der Waals surface area (Å²) in [4.78, 5) is 59.7. The smallest absolute Gasteiger partial charge is 0.326 e. The second-order valence-corrected chi connectivity index (χ2v) is 7.55. The van der Waals surface area contributed by atoms with Gasteiger partial charge in [-0.1, -0.05) is 0 Å². The highest BCUT2D eigenvalue weighted by atomic mass is 16.4. The Morgan fingerprint density at radius 1 is 0.727 bits per heavy atom. The van der Waals surface area contributed by atoms with Crippen LogP contribution in [0.5, 0.6) is 0 Å². The number of carboxylic acid groups (broad SMARTS) is 1. The maximum absolute atomic E-state index is 12.7. The van der Waals surface area contributed by atoms with Crippen LogP contribution in [0.3, 0.4) is 0 Å². The quantitative estimate of drug-likeness (QED) is 0.0866. The van der Waals surface area contributed by atoms with E-state index in [4.69, 9.17) is 22.9 Å². The fourth-order valence-electron chi connectivity index (χ4n) is 2.84. The molecule has 13 N–H and O–H groups in total. The minimum atomic E-state index is -1.46. The molecule has 0 rings (SSSR count). The number of aliphatic hydroxyl groups is 1. The van der Waals surface area contributed by atoms with Crippen LogP contribution in [-0.2, 0) is 24.0 Å². The Morgan fingerprint density at radius 3 is 1.64 bits per heavy atom. The van der Waals surface area contributed by atoms with Crippen molar-refractivity contribution in [1.82, 2.24) is 16.0 Å². The summed E-state index contributed by atoms with van der Waals surface area (Å²) in [6, 6.07) is -5.08. The molecule has 0 heterocycles. The number of unbranched alkanes of at least 4 members (excludes halogenated alkanes) is 2. The molecule has 0 aromatic heterocycles. The number of rotatable bonds is 18. The van der Waals surface area contributed by atoms with E-state index in [0.29, 0.717) is 38.8 Å². The molecule has 190 valence electrons. The third kappa shape index (κ3) is 12.7. The predicted octanol–water partition coefficient (Wildman–Crippen LogP) is -4.02. The van der Waals surface area contributed by atoms with Crippen molar-refractivity contribution in [3.05, 3.63) is 0 Å². The molecule has 0 radical (unpaired) electrons. The highest BCUT2D eigenvalue weighted by molar-refractivity contribution is 5.95. The fraction of sp³-hybridized carbons (Fsp3) is 0.737. The van der Waals surface area contributed by atoms with Crippen molar-refractivity contribution in [3.8, 4) is 0 Å². The van der Waals surface area contributed by atoms with Crippen molar-refractivity contribution < 1.29 is 34.2 Å². The first-order chi connectivity index (χ1) is 15.6. The molecule has 0 bridgehead atoms. The van der Waals surface area contributed by atoms with E-state index in [1.54, 1.807) is 0 Å². The van der Waals surface area contributed by atoms with Gasteiger partial charge < -0.3 is 49.1 Å². The zero-order valence-corrected chi connectivity index (χ0v) is 18.6. The van der Waals surface area contributed by atoms with E-state index in [1.165, 1.54) is 0 Å². The van der Waals surface area contributed by atoms with Crippen molar-refractivity contribution >= 4 is 29.6 Å². The lowest BCUT2D eigenvalue weighted by atomic mass is 10.1. The van der Waals surface area contributed by atoms with Crippen molar-refractivity contribution in [2.24, 2.45) is 22.9 Å². The Hall–Kier alpha value is -2.81. The minimum Gasteiger partial charge on any atom is -0.480 e. The SMILES string of the molecule is NCCCCC(NC(=O)C(CO)NC(=O)C(CCCCN)NC(=O)C(N)CC(N)=O)C(=O)O. The molecule has 0 spiro atoms. The molecule has 0 aliphatic carbocycles. The number of aliphatic hydroxyl groups excluding tert-OH is 1. The minimum absolute atomic E-state index is 0.125. The molecule has 14 heteroatoms. The summed E-state index contributed by atoms with van der Waals surface area (Å²) < 4.78 is 0. The highest BCUT2D eigenvalue weighted by Gasteiger charge is 2.30. The number of hydrogen-bond acceptors (Lipinski definition) is 9. The number of carboxylic acids is 1. The van der Waals surface area contributed by atoms with Crippen LogP contribution in [0.1, 0.15) is 44.9 Å². The lowest BCUT2D eigenvalue weighted by Crippen LogP contribution is -2.58. The summed E-state index contributed by atoms with van der Waals surface area (Å²) in [5.74, 6) is -4.55. The Labute approximate surface area is 192 Å². The van der Waals surface area contributed by atoms with Crippen LogP contribution in [0.2, 0.25) is 0 Å². The van der Waals surface area contributed by atoms with Gasteiger partial charge >= 0.3 is 5.97 Å². The molecule has 0 aromatic carbocycles. The average molecular weight is 476 g/mol. The molecule has 0 saturated carbocycles. The van der Waals surface area contributed by atoms with Crippen molar-refractivity contribution in [2.45, 2.75) is 69.1 Å². The molecule has 0 saturated heterocycles. The Morgan fingerprint density at radius 2 is 1.18 bits per heavy atom. The number of amides is 4.